The Morgan fingerprint density at radius 2 is 2.08 bits per heavy atom. The van der Waals surface area contributed by atoms with E-state index in [-0.39, 0.29) is 12.1 Å². The average Bonchev–Trinajstić information content (AvgIpc) is 3.28. The van der Waals surface area contributed by atoms with E-state index in [4.69, 9.17) is 14.2 Å². The van der Waals surface area contributed by atoms with E-state index in [1.807, 2.05) is 24.4 Å². The molecule has 0 aliphatic carbocycles. The molecule has 1 spiro atoms. The molecule has 0 saturated carbocycles. The smallest absolute Gasteiger partial charge is 0.173 e. The summed E-state index contributed by atoms with van der Waals surface area (Å²) in [6.07, 6.45) is 5.29. The van der Waals surface area contributed by atoms with Gasteiger partial charge < -0.3 is 24.5 Å². The molecule has 24 heavy (non-hydrogen) atoms. The van der Waals surface area contributed by atoms with Gasteiger partial charge in [-0.3, -0.25) is 0 Å². The molecule has 1 aromatic heterocycles. The maximum absolute atomic E-state index is 6.20. The second kappa shape index (κ2) is 7.03. The lowest BCUT2D eigenvalue weighted by atomic mass is 10.1. The quantitative estimate of drug-likeness (QED) is 0.878. The number of benzene rings is 1. The first-order valence-corrected chi connectivity index (χ1v) is 8.52. The molecule has 2 atom stereocenters. The fraction of sp³-hybridized carbons (Fsp3) is 0.500. The highest BCUT2D eigenvalue weighted by molar-refractivity contribution is 5.24. The highest BCUT2D eigenvalue weighted by atomic mass is 16.7. The third kappa shape index (κ3) is 3.37. The molecule has 0 radical (unpaired) electrons. The lowest BCUT2D eigenvalue weighted by Gasteiger charge is -2.31. The van der Waals surface area contributed by atoms with Gasteiger partial charge in [-0.25, -0.2) is 4.98 Å². The van der Waals surface area contributed by atoms with Crippen LogP contribution < -0.4 is 5.32 Å². The van der Waals surface area contributed by atoms with Gasteiger partial charge >= 0.3 is 0 Å². The Morgan fingerprint density at radius 3 is 2.83 bits per heavy atom. The number of nitrogens with one attached hydrogen (secondary N) is 2. The summed E-state index contributed by atoms with van der Waals surface area (Å²) < 4.78 is 17.6. The van der Waals surface area contributed by atoms with Gasteiger partial charge in [0.2, 0.25) is 0 Å². The third-order valence-corrected chi connectivity index (χ3v) is 4.64. The van der Waals surface area contributed by atoms with Crippen LogP contribution in [0.5, 0.6) is 0 Å². The molecule has 2 aliphatic rings. The number of rotatable bonds is 5. The highest BCUT2D eigenvalue weighted by Gasteiger charge is 2.42. The zero-order valence-corrected chi connectivity index (χ0v) is 13.6. The summed E-state index contributed by atoms with van der Waals surface area (Å²) in [5.74, 6) is 0.471. The van der Waals surface area contributed by atoms with Crippen LogP contribution in [0.1, 0.15) is 30.3 Å². The molecule has 4 rings (SSSR count). The first-order chi connectivity index (χ1) is 11.8. The number of aromatic amines is 1. The first kappa shape index (κ1) is 15.8. The maximum atomic E-state index is 6.20. The third-order valence-electron chi connectivity index (χ3n) is 4.64. The van der Waals surface area contributed by atoms with Crippen LogP contribution in [0.4, 0.5) is 0 Å². The van der Waals surface area contributed by atoms with Crippen molar-refractivity contribution in [3.63, 3.8) is 0 Å². The fourth-order valence-corrected chi connectivity index (χ4v) is 3.36. The van der Waals surface area contributed by atoms with Crippen LogP contribution in [0.3, 0.4) is 0 Å². The standard InChI is InChI=1S/C18H23N3O3/c1-2-4-14(5-3-1)16(17-19-8-9-20-17)21-12-15-13-23-18(24-15)6-10-22-11-7-18/h1-5,8-9,15-16,21H,6-7,10-13H2,(H,19,20). The SMILES string of the molecule is c1ccc(C(NCC2COC3(CCOCC3)O2)c2ncc[nH]2)cc1. The van der Waals surface area contributed by atoms with Gasteiger partial charge in [-0.15, -0.1) is 0 Å². The molecule has 2 unspecified atom stereocenters. The van der Waals surface area contributed by atoms with E-state index in [1.165, 1.54) is 5.56 Å². The predicted molar refractivity (Wildman–Crippen MR) is 88.5 cm³/mol. The van der Waals surface area contributed by atoms with E-state index in [9.17, 15) is 0 Å². The Labute approximate surface area is 141 Å². The maximum Gasteiger partial charge on any atom is 0.173 e. The zero-order valence-electron chi connectivity index (χ0n) is 13.6. The monoisotopic (exact) mass is 329 g/mol. The van der Waals surface area contributed by atoms with Crippen LogP contribution in [-0.2, 0) is 14.2 Å². The summed E-state index contributed by atoms with van der Waals surface area (Å²) in [5.41, 5.74) is 1.17. The van der Waals surface area contributed by atoms with Crippen molar-refractivity contribution < 1.29 is 14.2 Å². The molecule has 128 valence electrons. The van der Waals surface area contributed by atoms with E-state index in [0.717, 1.165) is 18.7 Å². The molecule has 2 aliphatic heterocycles. The second-order valence-electron chi connectivity index (χ2n) is 6.30. The normalized spacial score (nSPS) is 24.2. The molecule has 6 heteroatoms. The van der Waals surface area contributed by atoms with Gasteiger partial charge in [0.05, 0.1) is 32.0 Å². The molecule has 0 bridgehead atoms. The minimum absolute atomic E-state index is 0.0102. The van der Waals surface area contributed by atoms with Gasteiger partial charge in [-0.1, -0.05) is 30.3 Å². The predicted octanol–water partition coefficient (Wildman–Crippen LogP) is 2.01. The van der Waals surface area contributed by atoms with Crippen LogP contribution in [0.2, 0.25) is 0 Å². The van der Waals surface area contributed by atoms with Crippen molar-refractivity contribution in [2.24, 2.45) is 0 Å². The van der Waals surface area contributed by atoms with Crippen molar-refractivity contribution in [1.82, 2.24) is 15.3 Å². The van der Waals surface area contributed by atoms with Gasteiger partial charge in [-0.05, 0) is 5.56 Å². The molecule has 1 aromatic carbocycles. The van der Waals surface area contributed by atoms with E-state index in [2.05, 4.69) is 27.4 Å². The molecular weight excluding hydrogens is 306 g/mol. The van der Waals surface area contributed by atoms with Crippen LogP contribution in [0, 0.1) is 0 Å². The van der Waals surface area contributed by atoms with Crippen molar-refractivity contribution in [2.45, 2.75) is 30.8 Å². The molecule has 6 nitrogen and oxygen atoms in total. The molecule has 2 fully saturated rings. The summed E-state index contributed by atoms with van der Waals surface area (Å²) in [6.45, 7) is 2.74. The van der Waals surface area contributed by atoms with Gasteiger partial charge in [0.25, 0.3) is 0 Å². The molecule has 2 N–H and O–H groups in total. The molecule has 2 saturated heterocycles. The number of imidazole rings is 1. The van der Waals surface area contributed by atoms with Gasteiger partial charge in [0, 0.05) is 31.8 Å². The number of hydrogen-bond donors (Lipinski definition) is 2. The molecule has 3 heterocycles. The van der Waals surface area contributed by atoms with Crippen molar-refractivity contribution in [1.29, 1.82) is 0 Å². The number of hydrogen-bond acceptors (Lipinski definition) is 5. The summed E-state index contributed by atoms with van der Waals surface area (Å²) in [4.78, 5) is 7.62. The van der Waals surface area contributed by atoms with Crippen LogP contribution >= 0.6 is 0 Å². The minimum atomic E-state index is -0.433. The fourth-order valence-electron chi connectivity index (χ4n) is 3.36. The Hall–Kier alpha value is -1.73. The van der Waals surface area contributed by atoms with Crippen LogP contribution in [0.15, 0.2) is 42.7 Å². The van der Waals surface area contributed by atoms with Gasteiger partial charge in [0.1, 0.15) is 5.82 Å². The van der Waals surface area contributed by atoms with Crippen molar-refractivity contribution in [3.8, 4) is 0 Å². The Balaban J connectivity index is 1.41. The first-order valence-electron chi connectivity index (χ1n) is 8.52. The lowest BCUT2D eigenvalue weighted by molar-refractivity contribution is -0.210. The minimum Gasteiger partial charge on any atom is -0.381 e. The summed E-state index contributed by atoms with van der Waals surface area (Å²) in [6, 6.07) is 10.3. The van der Waals surface area contributed by atoms with Gasteiger partial charge in [-0.2, -0.15) is 0 Å². The Kier molecular flexibility index (Phi) is 4.62. The Morgan fingerprint density at radius 1 is 1.25 bits per heavy atom. The molecular formula is C18H23N3O3. The van der Waals surface area contributed by atoms with Crippen molar-refractivity contribution in [2.75, 3.05) is 26.4 Å². The summed E-state index contributed by atoms with van der Waals surface area (Å²) >= 11 is 0. The Bertz CT molecular complexity index is 626. The van der Waals surface area contributed by atoms with E-state index < -0.39 is 5.79 Å². The largest absolute Gasteiger partial charge is 0.381 e. The number of nitrogens with zero attached hydrogens (tertiary/aromatic N) is 1. The second-order valence-corrected chi connectivity index (χ2v) is 6.30. The van der Waals surface area contributed by atoms with E-state index >= 15 is 0 Å². The summed E-state index contributed by atoms with van der Waals surface area (Å²) in [7, 11) is 0. The topological polar surface area (TPSA) is 68.4 Å². The van der Waals surface area contributed by atoms with E-state index in [1.54, 1.807) is 6.20 Å². The average molecular weight is 329 g/mol. The van der Waals surface area contributed by atoms with Gasteiger partial charge in [0.15, 0.2) is 5.79 Å². The number of ether oxygens (including phenoxy) is 3. The summed E-state index contributed by atoms with van der Waals surface area (Å²) in [5, 5.41) is 3.57. The highest BCUT2D eigenvalue weighted by Crippen LogP contribution is 2.33. The lowest BCUT2D eigenvalue weighted by Crippen LogP contribution is -2.39. The van der Waals surface area contributed by atoms with E-state index in [0.29, 0.717) is 26.4 Å². The van der Waals surface area contributed by atoms with Crippen molar-refractivity contribution >= 4 is 0 Å². The van der Waals surface area contributed by atoms with Crippen LogP contribution in [0.25, 0.3) is 0 Å². The number of H-pyrrole nitrogens is 1. The zero-order chi connectivity index (χ0) is 16.2. The van der Waals surface area contributed by atoms with Crippen LogP contribution in [-0.4, -0.2) is 48.2 Å². The number of aromatic nitrogens is 2. The van der Waals surface area contributed by atoms with Crippen molar-refractivity contribution in [3.05, 3.63) is 54.1 Å². The molecule has 2 aromatic rings. The molecule has 0 amide bonds.